The van der Waals surface area contributed by atoms with E-state index in [4.69, 9.17) is 23.2 Å². The quantitative estimate of drug-likeness (QED) is 0.462. The van der Waals surface area contributed by atoms with Gasteiger partial charge in [-0.2, -0.15) is 0 Å². The molecule has 0 saturated heterocycles. The van der Waals surface area contributed by atoms with Gasteiger partial charge in [0.15, 0.2) is 0 Å². The van der Waals surface area contributed by atoms with Crippen molar-refractivity contribution < 1.29 is 0 Å². The van der Waals surface area contributed by atoms with E-state index in [1.54, 1.807) is 0 Å². The third-order valence-electron chi connectivity index (χ3n) is 3.59. The Morgan fingerprint density at radius 1 is 1.06 bits per heavy atom. The second-order valence-electron chi connectivity index (χ2n) is 4.62. The third-order valence-corrected chi connectivity index (χ3v) is 4.14. The summed E-state index contributed by atoms with van der Waals surface area (Å²) in [6.07, 6.45) is 0.922. The summed E-state index contributed by atoms with van der Waals surface area (Å²) in [6.45, 7) is 0. The minimum Gasteiger partial charge on any atom is -0.354 e. The van der Waals surface area contributed by atoms with Crippen molar-refractivity contribution in [3.8, 4) is 11.3 Å². The lowest BCUT2D eigenvalue weighted by atomic mass is 10.1. The molecule has 0 saturated carbocycles. The fourth-order valence-electron chi connectivity index (χ4n) is 2.80. The molecule has 1 N–H and O–H groups in total. The lowest BCUT2D eigenvalue weighted by Gasteiger charge is -2.01. The number of nitrogens with one attached hydrogen (secondary N) is 1. The standard InChI is InChI=1S/C15H9Cl2N/c16-9-4-5-13-10(7-9)11-6-8-2-1-3-12(17)14(8)15(11)18-13/h1-5,7,18H,6H2. The monoisotopic (exact) mass is 273 g/mol. The molecule has 3 heteroatoms. The summed E-state index contributed by atoms with van der Waals surface area (Å²) in [5.74, 6) is 0. The van der Waals surface area contributed by atoms with Gasteiger partial charge in [-0.3, -0.25) is 0 Å². The van der Waals surface area contributed by atoms with Gasteiger partial charge in [-0.15, -0.1) is 0 Å². The van der Waals surface area contributed by atoms with Gasteiger partial charge in [0.25, 0.3) is 0 Å². The molecule has 1 nitrogen and oxygen atoms in total. The van der Waals surface area contributed by atoms with Crippen molar-refractivity contribution in [1.82, 2.24) is 4.98 Å². The second-order valence-corrected chi connectivity index (χ2v) is 5.46. The predicted molar refractivity (Wildman–Crippen MR) is 76.6 cm³/mol. The Labute approximate surface area is 114 Å². The molecule has 0 aliphatic heterocycles. The number of benzene rings is 2. The van der Waals surface area contributed by atoms with Gasteiger partial charge in [0.1, 0.15) is 0 Å². The molecular weight excluding hydrogens is 265 g/mol. The van der Waals surface area contributed by atoms with Crippen molar-refractivity contribution in [3.05, 3.63) is 57.6 Å². The highest BCUT2D eigenvalue weighted by atomic mass is 35.5. The Morgan fingerprint density at radius 3 is 2.83 bits per heavy atom. The molecule has 0 spiro atoms. The number of rotatable bonds is 0. The fraction of sp³-hybridized carbons (Fsp3) is 0.0667. The van der Waals surface area contributed by atoms with E-state index in [0.29, 0.717) is 0 Å². The average molecular weight is 274 g/mol. The molecule has 0 bridgehead atoms. The van der Waals surface area contributed by atoms with Crippen LogP contribution < -0.4 is 0 Å². The van der Waals surface area contributed by atoms with E-state index in [9.17, 15) is 0 Å². The highest BCUT2D eigenvalue weighted by molar-refractivity contribution is 6.34. The number of hydrogen-bond acceptors (Lipinski definition) is 0. The highest BCUT2D eigenvalue weighted by Crippen LogP contribution is 2.44. The molecule has 0 atom stereocenters. The van der Waals surface area contributed by atoms with Gasteiger partial charge in [-0.25, -0.2) is 0 Å². The van der Waals surface area contributed by atoms with Crippen LogP contribution >= 0.6 is 23.2 Å². The smallest absolute Gasteiger partial charge is 0.0518 e. The summed E-state index contributed by atoms with van der Waals surface area (Å²) in [4.78, 5) is 3.46. The molecule has 1 aliphatic carbocycles. The molecular formula is C15H9Cl2N. The summed E-state index contributed by atoms with van der Waals surface area (Å²) >= 11 is 12.4. The van der Waals surface area contributed by atoms with Crippen molar-refractivity contribution in [1.29, 1.82) is 0 Å². The van der Waals surface area contributed by atoms with Crippen LogP contribution in [0.5, 0.6) is 0 Å². The summed E-state index contributed by atoms with van der Waals surface area (Å²) in [5, 5.41) is 2.78. The van der Waals surface area contributed by atoms with E-state index >= 15 is 0 Å². The molecule has 0 fully saturated rings. The van der Waals surface area contributed by atoms with Gasteiger partial charge in [0.2, 0.25) is 0 Å². The minimum absolute atomic E-state index is 0.770. The predicted octanol–water partition coefficient (Wildman–Crippen LogP) is 5.05. The SMILES string of the molecule is Clc1ccc2[nH]c3c(c2c1)Cc1cccc(Cl)c1-3. The lowest BCUT2D eigenvalue weighted by molar-refractivity contribution is 1.29. The average Bonchev–Trinajstić information content (AvgIpc) is 2.86. The normalized spacial score (nSPS) is 12.8. The molecule has 18 heavy (non-hydrogen) atoms. The Kier molecular flexibility index (Phi) is 2.06. The minimum atomic E-state index is 0.770. The zero-order valence-corrected chi connectivity index (χ0v) is 10.9. The zero-order valence-electron chi connectivity index (χ0n) is 9.43. The topological polar surface area (TPSA) is 15.8 Å². The van der Waals surface area contributed by atoms with E-state index < -0.39 is 0 Å². The van der Waals surface area contributed by atoms with Gasteiger partial charge in [0, 0.05) is 27.9 Å². The summed E-state index contributed by atoms with van der Waals surface area (Å²) in [6, 6.07) is 12.0. The first-order valence-corrected chi connectivity index (χ1v) is 6.57. The maximum atomic E-state index is 6.31. The zero-order chi connectivity index (χ0) is 12.3. The van der Waals surface area contributed by atoms with Crippen LogP contribution in [0.3, 0.4) is 0 Å². The molecule has 1 aliphatic rings. The van der Waals surface area contributed by atoms with Crippen LogP contribution in [0.2, 0.25) is 10.0 Å². The maximum Gasteiger partial charge on any atom is 0.0518 e. The van der Waals surface area contributed by atoms with Crippen LogP contribution in [0.15, 0.2) is 36.4 Å². The Morgan fingerprint density at radius 2 is 1.94 bits per heavy atom. The lowest BCUT2D eigenvalue weighted by Crippen LogP contribution is -1.82. The number of H-pyrrole nitrogens is 1. The van der Waals surface area contributed by atoms with Crippen LogP contribution in [0, 0.1) is 0 Å². The van der Waals surface area contributed by atoms with Gasteiger partial charge >= 0.3 is 0 Å². The number of halogens is 2. The van der Waals surface area contributed by atoms with Gasteiger partial charge in [-0.1, -0.05) is 35.3 Å². The van der Waals surface area contributed by atoms with Crippen LogP contribution in [-0.2, 0) is 6.42 Å². The number of hydrogen-bond donors (Lipinski definition) is 1. The van der Waals surface area contributed by atoms with Gasteiger partial charge in [0.05, 0.1) is 10.7 Å². The number of aromatic amines is 1. The van der Waals surface area contributed by atoms with E-state index in [1.165, 1.54) is 16.5 Å². The van der Waals surface area contributed by atoms with Crippen molar-refractivity contribution >= 4 is 34.1 Å². The van der Waals surface area contributed by atoms with E-state index in [0.717, 1.165) is 33.2 Å². The fourth-order valence-corrected chi connectivity index (χ4v) is 3.26. The summed E-state index contributed by atoms with van der Waals surface area (Å²) in [7, 11) is 0. The van der Waals surface area contributed by atoms with Crippen molar-refractivity contribution in [2.75, 3.05) is 0 Å². The van der Waals surface area contributed by atoms with Crippen LogP contribution in [0.1, 0.15) is 11.1 Å². The molecule has 1 aromatic heterocycles. The Hall–Kier alpha value is -1.44. The Bertz CT molecular complexity index is 787. The van der Waals surface area contributed by atoms with E-state index in [2.05, 4.69) is 11.1 Å². The molecule has 4 rings (SSSR count). The molecule has 1 heterocycles. The van der Waals surface area contributed by atoms with Gasteiger partial charge in [-0.05, 0) is 35.4 Å². The van der Waals surface area contributed by atoms with Crippen LogP contribution in [-0.4, -0.2) is 4.98 Å². The van der Waals surface area contributed by atoms with Crippen molar-refractivity contribution in [3.63, 3.8) is 0 Å². The molecule has 0 radical (unpaired) electrons. The first-order chi connectivity index (χ1) is 8.74. The maximum absolute atomic E-state index is 6.31. The molecule has 0 amide bonds. The number of aromatic nitrogens is 1. The second kappa shape index (κ2) is 3.53. The van der Waals surface area contributed by atoms with E-state index in [-0.39, 0.29) is 0 Å². The molecule has 88 valence electrons. The number of fused-ring (bicyclic) bond motifs is 5. The van der Waals surface area contributed by atoms with Crippen LogP contribution in [0.25, 0.3) is 22.2 Å². The first-order valence-electron chi connectivity index (χ1n) is 5.82. The first kappa shape index (κ1) is 10.5. The summed E-state index contributed by atoms with van der Waals surface area (Å²) in [5.41, 5.74) is 5.99. The van der Waals surface area contributed by atoms with Gasteiger partial charge < -0.3 is 4.98 Å². The summed E-state index contributed by atoms with van der Waals surface area (Å²) < 4.78 is 0. The molecule has 0 unspecified atom stereocenters. The third kappa shape index (κ3) is 1.29. The molecule has 2 aromatic carbocycles. The van der Waals surface area contributed by atoms with Crippen LogP contribution in [0.4, 0.5) is 0 Å². The molecule has 3 aromatic rings. The van der Waals surface area contributed by atoms with E-state index in [1.807, 2.05) is 30.3 Å². The van der Waals surface area contributed by atoms with Crippen molar-refractivity contribution in [2.24, 2.45) is 0 Å². The Balaban J connectivity index is 2.10. The van der Waals surface area contributed by atoms with Crippen molar-refractivity contribution in [2.45, 2.75) is 6.42 Å². The highest BCUT2D eigenvalue weighted by Gasteiger charge is 2.24. The largest absolute Gasteiger partial charge is 0.354 e.